The molecule has 0 saturated carbocycles. The molecule has 0 fully saturated rings. The van der Waals surface area contributed by atoms with Crippen molar-refractivity contribution in [3.05, 3.63) is 82.4 Å². The number of anilines is 1. The minimum absolute atomic E-state index is 0.0899. The van der Waals surface area contributed by atoms with Gasteiger partial charge in [-0.1, -0.05) is 12.1 Å². The first-order chi connectivity index (χ1) is 14.9. The van der Waals surface area contributed by atoms with Crippen molar-refractivity contribution in [1.82, 2.24) is 0 Å². The lowest BCUT2D eigenvalue weighted by Gasteiger charge is -2.17. The number of rotatable bonds is 7. The Kier molecular flexibility index (Phi) is 6.48. The Balaban J connectivity index is 1.84. The number of carbonyl (C=O) groups excluding carboxylic acids is 1. The standard InChI is InChI=1S/C23H19N3O5/c1-15(23(27)25-18-7-3-16(14-24)4-8-18)31-22-12-9-19(26(28)29)13-21(22)17-5-10-20(30-2)11-6-17/h3-13,15H,1-2H3,(H,25,27). The van der Waals surface area contributed by atoms with Crippen LogP contribution in [0.15, 0.2) is 66.7 Å². The van der Waals surface area contributed by atoms with E-state index in [1.807, 2.05) is 6.07 Å². The molecule has 0 spiro atoms. The first kappa shape index (κ1) is 21.3. The number of hydrogen-bond acceptors (Lipinski definition) is 6. The summed E-state index contributed by atoms with van der Waals surface area (Å²) < 4.78 is 11.0. The highest BCUT2D eigenvalue weighted by Crippen LogP contribution is 2.35. The number of carbonyl (C=O) groups is 1. The number of nitro benzene ring substituents is 1. The van der Waals surface area contributed by atoms with E-state index in [-0.39, 0.29) is 5.69 Å². The topological polar surface area (TPSA) is 114 Å². The fourth-order valence-corrected chi connectivity index (χ4v) is 2.85. The van der Waals surface area contributed by atoms with Gasteiger partial charge < -0.3 is 14.8 Å². The molecule has 3 rings (SSSR count). The third kappa shape index (κ3) is 5.16. The number of benzene rings is 3. The predicted octanol–water partition coefficient (Wildman–Crippen LogP) is 4.55. The summed E-state index contributed by atoms with van der Waals surface area (Å²) in [6, 6.07) is 19.6. The van der Waals surface area contributed by atoms with Crippen molar-refractivity contribution in [1.29, 1.82) is 5.26 Å². The highest BCUT2D eigenvalue weighted by atomic mass is 16.6. The number of nitrogens with one attached hydrogen (secondary N) is 1. The average Bonchev–Trinajstić information content (AvgIpc) is 2.79. The molecule has 31 heavy (non-hydrogen) atoms. The quantitative estimate of drug-likeness (QED) is 0.446. The first-order valence-electron chi connectivity index (χ1n) is 9.32. The van der Waals surface area contributed by atoms with E-state index in [0.717, 1.165) is 0 Å². The van der Waals surface area contributed by atoms with Gasteiger partial charge >= 0.3 is 0 Å². The minimum Gasteiger partial charge on any atom is -0.497 e. The molecule has 0 aliphatic carbocycles. The number of ether oxygens (including phenoxy) is 2. The van der Waals surface area contributed by atoms with Gasteiger partial charge in [-0.05, 0) is 55.0 Å². The number of hydrogen-bond donors (Lipinski definition) is 1. The smallest absolute Gasteiger partial charge is 0.270 e. The Morgan fingerprint density at radius 3 is 2.35 bits per heavy atom. The van der Waals surface area contributed by atoms with Crippen LogP contribution in [-0.4, -0.2) is 24.0 Å². The zero-order chi connectivity index (χ0) is 22.4. The first-order valence-corrected chi connectivity index (χ1v) is 9.32. The van der Waals surface area contributed by atoms with Crippen LogP contribution in [0, 0.1) is 21.4 Å². The maximum absolute atomic E-state index is 12.6. The molecule has 0 heterocycles. The highest BCUT2D eigenvalue weighted by Gasteiger charge is 2.19. The van der Waals surface area contributed by atoms with Crippen molar-refractivity contribution >= 4 is 17.3 Å². The average molecular weight is 417 g/mol. The second-order valence-electron chi connectivity index (χ2n) is 6.60. The van der Waals surface area contributed by atoms with E-state index in [2.05, 4.69) is 5.32 Å². The summed E-state index contributed by atoms with van der Waals surface area (Å²) in [6.07, 6.45) is -0.880. The van der Waals surface area contributed by atoms with Gasteiger partial charge in [0.2, 0.25) is 0 Å². The number of nitriles is 1. The van der Waals surface area contributed by atoms with Gasteiger partial charge in [-0.25, -0.2) is 0 Å². The molecule has 3 aromatic rings. The number of nitro groups is 1. The van der Waals surface area contributed by atoms with Gasteiger partial charge in [-0.2, -0.15) is 5.26 Å². The normalized spacial score (nSPS) is 11.1. The molecule has 156 valence electrons. The number of methoxy groups -OCH3 is 1. The monoisotopic (exact) mass is 417 g/mol. The molecule has 1 unspecified atom stereocenters. The van der Waals surface area contributed by atoms with Crippen molar-refractivity contribution in [3.8, 4) is 28.7 Å². The highest BCUT2D eigenvalue weighted by molar-refractivity contribution is 5.94. The van der Waals surface area contributed by atoms with Crippen molar-refractivity contribution in [2.24, 2.45) is 0 Å². The van der Waals surface area contributed by atoms with E-state index < -0.39 is 16.9 Å². The Bertz CT molecular complexity index is 1140. The van der Waals surface area contributed by atoms with Crippen molar-refractivity contribution in [2.75, 3.05) is 12.4 Å². The van der Waals surface area contributed by atoms with Gasteiger partial charge in [0.1, 0.15) is 11.5 Å². The van der Waals surface area contributed by atoms with Crippen LogP contribution < -0.4 is 14.8 Å². The predicted molar refractivity (Wildman–Crippen MR) is 115 cm³/mol. The minimum atomic E-state index is -0.880. The van der Waals surface area contributed by atoms with Gasteiger partial charge in [0.15, 0.2) is 6.10 Å². The van der Waals surface area contributed by atoms with Crippen molar-refractivity contribution < 1.29 is 19.2 Å². The number of non-ortho nitro benzene ring substituents is 1. The zero-order valence-electron chi connectivity index (χ0n) is 16.9. The summed E-state index contributed by atoms with van der Waals surface area (Å²) >= 11 is 0. The lowest BCUT2D eigenvalue weighted by atomic mass is 10.0. The number of nitrogens with zero attached hydrogens (tertiary/aromatic N) is 2. The van der Waals surface area contributed by atoms with Crippen LogP contribution in [0.25, 0.3) is 11.1 Å². The molecule has 3 aromatic carbocycles. The third-order valence-electron chi connectivity index (χ3n) is 4.53. The summed E-state index contributed by atoms with van der Waals surface area (Å²) in [7, 11) is 1.55. The van der Waals surface area contributed by atoms with Gasteiger partial charge in [0, 0.05) is 23.4 Å². The molecule has 8 nitrogen and oxygen atoms in total. The van der Waals surface area contributed by atoms with E-state index in [1.54, 1.807) is 62.6 Å². The van der Waals surface area contributed by atoms with Crippen molar-refractivity contribution in [2.45, 2.75) is 13.0 Å². The Morgan fingerprint density at radius 1 is 1.10 bits per heavy atom. The second kappa shape index (κ2) is 9.41. The Hall–Kier alpha value is -4.38. The van der Waals surface area contributed by atoms with Crippen LogP contribution in [0.3, 0.4) is 0 Å². The summed E-state index contributed by atoms with van der Waals surface area (Å²) in [5.74, 6) is 0.578. The largest absolute Gasteiger partial charge is 0.497 e. The van der Waals surface area contributed by atoms with Crippen LogP contribution >= 0.6 is 0 Å². The molecular formula is C23H19N3O5. The van der Waals surface area contributed by atoms with E-state index in [4.69, 9.17) is 14.7 Å². The lowest BCUT2D eigenvalue weighted by Crippen LogP contribution is -2.30. The molecule has 0 bridgehead atoms. The Morgan fingerprint density at radius 2 is 1.77 bits per heavy atom. The van der Waals surface area contributed by atoms with Gasteiger partial charge in [-0.3, -0.25) is 14.9 Å². The molecule has 8 heteroatoms. The zero-order valence-corrected chi connectivity index (χ0v) is 16.9. The van der Waals surface area contributed by atoms with Crippen LogP contribution in [0.4, 0.5) is 11.4 Å². The maximum atomic E-state index is 12.6. The van der Waals surface area contributed by atoms with Crippen LogP contribution in [-0.2, 0) is 4.79 Å². The van der Waals surface area contributed by atoms with Gasteiger partial charge in [-0.15, -0.1) is 0 Å². The molecule has 0 aliphatic heterocycles. The second-order valence-corrected chi connectivity index (χ2v) is 6.60. The molecule has 0 aliphatic rings. The molecular weight excluding hydrogens is 398 g/mol. The third-order valence-corrected chi connectivity index (χ3v) is 4.53. The van der Waals surface area contributed by atoms with E-state index in [0.29, 0.717) is 33.9 Å². The summed E-state index contributed by atoms with van der Waals surface area (Å²) in [6.45, 7) is 1.58. The molecule has 0 saturated heterocycles. The summed E-state index contributed by atoms with van der Waals surface area (Å²) in [5.41, 5.74) is 2.08. The Labute approximate surface area is 178 Å². The van der Waals surface area contributed by atoms with Gasteiger partial charge in [0.25, 0.3) is 11.6 Å². The fraction of sp³-hybridized carbons (Fsp3) is 0.130. The van der Waals surface area contributed by atoms with E-state index >= 15 is 0 Å². The maximum Gasteiger partial charge on any atom is 0.270 e. The van der Waals surface area contributed by atoms with Crippen molar-refractivity contribution in [3.63, 3.8) is 0 Å². The molecule has 0 radical (unpaired) electrons. The molecule has 1 N–H and O–H groups in total. The SMILES string of the molecule is COc1ccc(-c2cc([N+](=O)[O-])ccc2OC(C)C(=O)Nc2ccc(C#N)cc2)cc1. The fourth-order valence-electron chi connectivity index (χ4n) is 2.85. The van der Waals surface area contributed by atoms with Crippen LogP contribution in [0.1, 0.15) is 12.5 Å². The van der Waals surface area contributed by atoms with Gasteiger partial charge in [0.05, 0.1) is 23.7 Å². The number of amides is 1. The molecule has 1 amide bonds. The lowest BCUT2D eigenvalue weighted by molar-refractivity contribution is -0.384. The molecule has 1 atom stereocenters. The van der Waals surface area contributed by atoms with Crippen LogP contribution in [0.5, 0.6) is 11.5 Å². The van der Waals surface area contributed by atoms with Crippen LogP contribution in [0.2, 0.25) is 0 Å². The molecule has 0 aromatic heterocycles. The van der Waals surface area contributed by atoms with E-state index in [1.165, 1.54) is 18.2 Å². The summed E-state index contributed by atoms with van der Waals surface area (Å²) in [4.78, 5) is 23.3. The van der Waals surface area contributed by atoms with E-state index in [9.17, 15) is 14.9 Å². The summed E-state index contributed by atoms with van der Waals surface area (Å²) in [5, 5.41) is 22.8.